The van der Waals surface area contributed by atoms with E-state index in [0.717, 1.165) is 11.1 Å². The van der Waals surface area contributed by atoms with Gasteiger partial charge in [-0.3, -0.25) is 4.79 Å². The Bertz CT molecular complexity index is 546. The Morgan fingerprint density at radius 2 is 1.65 bits per heavy atom. The summed E-state index contributed by atoms with van der Waals surface area (Å²) in [6, 6.07) is 19.7. The van der Waals surface area contributed by atoms with Gasteiger partial charge in [0.25, 0.3) is 0 Å². The van der Waals surface area contributed by atoms with Crippen LogP contribution in [0.4, 0.5) is 0 Å². The van der Waals surface area contributed by atoms with E-state index < -0.39 is 0 Å². The van der Waals surface area contributed by atoms with E-state index in [1.807, 2.05) is 60.7 Å². The predicted molar refractivity (Wildman–Crippen MR) is 80.5 cm³/mol. The van der Waals surface area contributed by atoms with E-state index in [9.17, 15) is 4.79 Å². The van der Waals surface area contributed by atoms with E-state index in [1.54, 1.807) is 6.08 Å². The summed E-state index contributed by atoms with van der Waals surface area (Å²) in [5, 5.41) is 0. The molecular weight excluding hydrogens is 248 g/mol. The van der Waals surface area contributed by atoms with Crippen LogP contribution in [0, 0.1) is 0 Å². The third-order valence-corrected chi connectivity index (χ3v) is 3.11. The molecule has 0 saturated heterocycles. The van der Waals surface area contributed by atoms with Crippen LogP contribution in [0.1, 0.15) is 17.0 Å². The molecule has 0 radical (unpaired) electrons. The number of benzene rings is 2. The highest BCUT2D eigenvalue weighted by molar-refractivity contribution is 5.78. The van der Waals surface area contributed by atoms with Crippen molar-refractivity contribution in [3.05, 3.63) is 84.4 Å². The summed E-state index contributed by atoms with van der Waals surface area (Å²) < 4.78 is 5.22. The Hall–Kier alpha value is -2.35. The molecule has 1 unspecified atom stereocenters. The molecule has 0 aliphatic heterocycles. The largest absolute Gasteiger partial charge is 0.461 e. The maximum absolute atomic E-state index is 12.2. The van der Waals surface area contributed by atoms with Gasteiger partial charge in [-0.25, -0.2) is 0 Å². The zero-order chi connectivity index (χ0) is 14.2. The van der Waals surface area contributed by atoms with E-state index in [2.05, 4.69) is 6.58 Å². The number of hydrogen-bond donors (Lipinski definition) is 0. The van der Waals surface area contributed by atoms with Crippen molar-refractivity contribution >= 4 is 5.97 Å². The SMILES string of the molecule is C=CCOC(=O)C(Cc1ccccc1)c1ccccc1. The molecule has 0 spiro atoms. The smallest absolute Gasteiger partial charge is 0.314 e. The minimum absolute atomic E-state index is 0.208. The van der Waals surface area contributed by atoms with E-state index in [1.165, 1.54) is 0 Å². The Labute approximate surface area is 119 Å². The third kappa shape index (κ3) is 3.82. The van der Waals surface area contributed by atoms with Gasteiger partial charge in [-0.15, -0.1) is 0 Å². The van der Waals surface area contributed by atoms with E-state index in [4.69, 9.17) is 4.74 Å². The molecule has 20 heavy (non-hydrogen) atoms. The van der Waals surface area contributed by atoms with Gasteiger partial charge in [-0.2, -0.15) is 0 Å². The van der Waals surface area contributed by atoms with Crippen LogP contribution in [0.25, 0.3) is 0 Å². The van der Waals surface area contributed by atoms with Crippen LogP contribution < -0.4 is 0 Å². The van der Waals surface area contributed by atoms with Crippen LogP contribution in [0.5, 0.6) is 0 Å². The fourth-order valence-corrected chi connectivity index (χ4v) is 2.11. The highest BCUT2D eigenvalue weighted by Gasteiger charge is 2.22. The van der Waals surface area contributed by atoms with Gasteiger partial charge in [0.05, 0.1) is 5.92 Å². The minimum Gasteiger partial charge on any atom is -0.461 e. The molecule has 0 aromatic heterocycles. The Balaban J connectivity index is 2.20. The van der Waals surface area contributed by atoms with Crippen molar-refractivity contribution < 1.29 is 9.53 Å². The number of rotatable bonds is 6. The lowest BCUT2D eigenvalue weighted by molar-refractivity contribution is -0.144. The lowest BCUT2D eigenvalue weighted by Gasteiger charge is -2.16. The van der Waals surface area contributed by atoms with Gasteiger partial charge in [-0.1, -0.05) is 73.3 Å². The fourth-order valence-electron chi connectivity index (χ4n) is 2.11. The maximum atomic E-state index is 12.2. The van der Waals surface area contributed by atoms with Crippen molar-refractivity contribution in [1.29, 1.82) is 0 Å². The number of carbonyl (C=O) groups excluding carboxylic acids is 1. The molecule has 102 valence electrons. The van der Waals surface area contributed by atoms with Crippen molar-refractivity contribution in [2.45, 2.75) is 12.3 Å². The van der Waals surface area contributed by atoms with Gasteiger partial charge in [0.1, 0.15) is 6.61 Å². The lowest BCUT2D eigenvalue weighted by atomic mass is 9.92. The topological polar surface area (TPSA) is 26.3 Å². The summed E-state index contributed by atoms with van der Waals surface area (Å²) in [6.45, 7) is 3.82. The van der Waals surface area contributed by atoms with E-state index in [0.29, 0.717) is 6.42 Å². The van der Waals surface area contributed by atoms with Crippen molar-refractivity contribution in [2.75, 3.05) is 6.61 Å². The number of hydrogen-bond acceptors (Lipinski definition) is 2. The quantitative estimate of drug-likeness (QED) is 0.588. The molecule has 2 nitrogen and oxygen atoms in total. The monoisotopic (exact) mass is 266 g/mol. The Morgan fingerprint density at radius 3 is 2.25 bits per heavy atom. The molecule has 2 rings (SSSR count). The van der Waals surface area contributed by atoms with Crippen molar-refractivity contribution in [1.82, 2.24) is 0 Å². The molecule has 2 heteroatoms. The average Bonchev–Trinajstić information content (AvgIpc) is 2.52. The summed E-state index contributed by atoms with van der Waals surface area (Å²) >= 11 is 0. The summed E-state index contributed by atoms with van der Waals surface area (Å²) in [7, 11) is 0. The third-order valence-electron chi connectivity index (χ3n) is 3.11. The molecule has 0 amide bonds. The van der Waals surface area contributed by atoms with Gasteiger partial charge in [-0.05, 0) is 17.5 Å². The molecular formula is C18H18O2. The summed E-state index contributed by atoms with van der Waals surface area (Å²) in [6.07, 6.45) is 2.23. The molecule has 0 aliphatic rings. The van der Waals surface area contributed by atoms with Crippen LogP contribution in [0.2, 0.25) is 0 Å². The normalized spacial score (nSPS) is 11.6. The lowest BCUT2D eigenvalue weighted by Crippen LogP contribution is -2.18. The number of carbonyl (C=O) groups is 1. The number of esters is 1. The molecule has 0 saturated carbocycles. The second-order valence-electron chi connectivity index (χ2n) is 4.57. The molecule has 0 aliphatic carbocycles. The summed E-state index contributed by atoms with van der Waals surface area (Å²) in [5.74, 6) is -0.487. The second kappa shape index (κ2) is 7.29. The Morgan fingerprint density at radius 1 is 1.05 bits per heavy atom. The first-order chi connectivity index (χ1) is 9.81. The molecule has 2 aromatic carbocycles. The minimum atomic E-state index is -0.279. The van der Waals surface area contributed by atoms with Gasteiger partial charge >= 0.3 is 5.97 Å². The maximum Gasteiger partial charge on any atom is 0.314 e. The molecule has 0 N–H and O–H groups in total. The first kappa shape index (κ1) is 14.1. The molecule has 2 aromatic rings. The van der Waals surface area contributed by atoms with Crippen LogP contribution in [-0.2, 0) is 16.0 Å². The van der Waals surface area contributed by atoms with Gasteiger partial charge in [0.2, 0.25) is 0 Å². The van der Waals surface area contributed by atoms with Crippen LogP contribution in [0.3, 0.4) is 0 Å². The van der Waals surface area contributed by atoms with Crippen LogP contribution in [-0.4, -0.2) is 12.6 Å². The van der Waals surface area contributed by atoms with Gasteiger partial charge in [0, 0.05) is 0 Å². The predicted octanol–water partition coefficient (Wildman–Crippen LogP) is 3.74. The van der Waals surface area contributed by atoms with Crippen molar-refractivity contribution in [3.63, 3.8) is 0 Å². The first-order valence-corrected chi connectivity index (χ1v) is 6.67. The number of ether oxygens (including phenoxy) is 1. The first-order valence-electron chi connectivity index (χ1n) is 6.67. The highest BCUT2D eigenvalue weighted by atomic mass is 16.5. The summed E-state index contributed by atoms with van der Waals surface area (Å²) in [4.78, 5) is 12.2. The van der Waals surface area contributed by atoms with Crippen molar-refractivity contribution in [2.24, 2.45) is 0 Å². The zero-order valence-corrected chi connectivity index (χ0v) is 11.4. The van der Waals surface area contributed by atoms with Gasteiger partial charge < -0.3 is 4.74 Å². The second-order valence-corrected chi connectivity index (χ2v) is 4.57. The van der Waals surface area contributed by atoms with E-state index in [-0.39, 0.29) is 18.5 Å². The molecule has 1 atom stereocenters. The molecule has 0 heterocycles. The average molecular weight is 266 g/mol. The van der Waals surface area contributed by atoms with E-state index >= 15 is 0 Å². The highest BCUT2D eigenvalue weighted by Crippen LogP contribution is 2.22. The molecule has 0 fully saturated rings. The van der Waals surface area contributed by atoms with Gasteiger partial charge in [0.15, 0.2) is 0 Å². The van der Waals surface area contributed by atoms with Crippen LogP contribution >= 0.6 is 0 Å². The standard InChI is InChI=1S/C18H18O2/c1-2-13-20-18(19)17(16-11-7-4-8-12-16)14-15-9-5-3-6-10-15/h2-12,17H,1,13-14H2. The molecule has 0 bridgehead atoms. The zero-order valence-electron chi connectivity index (χ0n) is 11.4. The summed E-state index contributed by atoms with van der Waals surface area (Å²) in [5.41, 5.74) is 2.10. The Kier molecular flexibility index (Phi) is 5.13. The van der Waals surface area contributed by atoms with Crippen molar-refractivity contribution in [3.8, 4) is 0 Å². The van der Waals surface area contributed by atoms with Crippen LogP contribution in [0.15, 0.2) is 73.3 Å². The fraction of sp³-hybridized carbons (Fsp3) is 0.167.